The minimum absolute atomic E-state index is 0.0606. The van der Waals surface area contributed by atoms with Crippen LogP contribution < -0.4 is 0 Å². The van der Waals surface area contributed by atoms with Crippen molar-refractivity contribution in [2.45, 2.75) is 26.1 Å². The van der Waals surface area contributed by atoms with Gasteiger partial charge in [0.2, 0.25) is 0 Å². The summed E-state index contributed by atoms with van der Waals surface area (Å²) in [5, 5.41) is 5.64. The van der Waals surface area contributed by atoms with Gasteiger partial charge in [0.25, 0.3) is 5.91 Å². The van der Waals surface area contributed by atoms with Crippen molar-refractivity contribution in [2.75, 3.05) is 13.1 Å². The highest BCUT2D eigenvalue weighted by Crippen LogP contribution is 2.34. The molecule has 1 aliphatic heterocycles. The Kier molecular flexibility index (Phi) is 6.02. The number of nitrogens with zero attached hydrogens (tertiary/aromatic N) is 4. The average molecular weight is 466 g/mol. The van der Waals surface area contributed by atoms with Gasteiger partial charge >= 0.3 is 0 Å². The molecule has 9 heteroatoms. The summed E-state index contributed by atoms with van der Waals surface area (Å²) in [7, 11) is 0. The average Bonchev–Trinajstić information content (AvgIpc) is 3.11. The van der Waals surface area contributed by atoms with E-state index in [1.165, 1.54) is 4.68 Å². The van der Waals surface area contributed by atoms with Gasteiger partial charge in [-0.3, -0.25) is 9.78 Å². The maximum absolute atomic E-state index is 13.5. The summed E-state index contributed by atoms with van der Waals surface area (Å²) in [6, 6.07) is 8.55. The normalized spacial score (nSPS) is 19.2. The molecule has 0 aliphatic carbocycles. The first-order valence-electron chi connectivity index (χ1n) is 9.43. The predicted molar refractivity (Wildman–Crippen MR) is 118 cm³/mol. The van der Waals surface area contributed by atoms with Crippen LogP contribution in [0.25, 0.3) is 16.9 Å². The molecule has 1 aliphatic rings. The highest BCUT2D eigenvalue weighted by Gasteiger charge is 2.30. The van der Waals surface area contributed by atoms with E-state index in [9.17, 15) is 4.79 Å². The van der Waals surface area contributed by atoms with E-state index in [0.717, 1.165) is 5.56 Å². The van der Waals surface area contributed by atoms with Crippen molar-refractivity contribution in [3.63, 3.8) is 0 Å². The number of carbonyl (C=O) groups excluding carboxylic acids is 1. The minimum Gasteiger partial charge on any atom is -0.372 e. The van der Waals surface area contributed by atoms with Crippen LogP contribution in [0, 0.1) is 0 Å². The Balaban J connectivity index is 1.85. The number of ether oxygens (including phenoxy) is 1. The highest BCUT2D eigenvalue weighted by atomic mass is 35.5. The van der Waals surface area contributed by atoms with Gasteiger partial charge in [-0.1, -0.05) is 34.8 Å². The van der Waals surface area contributed by atoms with Crippen LogP contribution in [-0.2, 0) is 4.74 Å². The number of halogens is 3. The van der Waals surface area contributed by atoms with Crippen molar-refractivity contribution in [2.24, 2.45) is 0 Å². The van der Waals surface area contributed by atoms with E-state index >= 15 is 0 Å². The van der Waals surface area contributed by atoms with E-state index < -0.39 is 0 Å². The van der Waals surface area contributed by atoms with Gasteiger partial charge < -0.3 is 9.64 Å². The lowest BCUT2D eigenvalue weighted by molar-refractivity contribution is -0.0588. The van der Waals surface area contributed by atoms with E-state index in [1.54, 1.807) is 35.5 Å². The fraction of sp³-hybridized carbons (Fsp3) is 0.286. The molecule has 1 aromatic carbocycles. The van der Waals surface area contributed by atoms with Gasteiger partial charge in [0.05, 0.1) is 27.9 Å². The number of pyridine rings is 1. The van der Waals surface area contributed by atoms with Crippen LogP contribution in [0.4, 0.5) is 0 Å². The zero-order valence-electron chi connectivity index (χ0n) is 16.3. The molecule has 0 saturated carbocycles. The standard InChI is InChI=1S/C21H19Cl3N4O2/c1-12-10-27(11-13(2)30-12)21(29)19-8-18(14-4-3-5-25-9-14)26-28(19)20-16(23)6-15(22)7-17(20)24/h3-9,12-13H,10-11H2,1-2H3/t12-,13-/m0/s1. The van der Waals surface area contributed by atoms with Crippen LogP contribution in [-0.4, -0.2) is 50.9 Å². The Morgan fingerprint density at radius 2 is 1.77 bits per heavy atom. The van der Waals surface area contributed by atoms with Crippen molar-refractivity contribution in [3.8, 4) is 16.9 Å². The van der Waals surface area contributed by atoms with E-state index in [4.69, 9.17) is 39.5 Å². The first kappa shape index (κ1) is 21.1. The van der Waals surface area contributed by atoms with Crippen LogP contribution in [0.5, 0.6) is 0 Å². The van der Waals surface area contributed by atoms with E-state index in [0.29, 0.717) is 45.2 Å². The number of amides is 1. The molecule has 0 N–H and O–H groups in total. The minimum atomic E-state index is -0.179. The van der Waals surface area contributed by atoms with Gasteiger partial charge in [-0.25, -0.2) is 4.68 Å². The molecule has 0 unspecified atom stereocenters. The summed E-state index contributed by atoms with van der Waals surface area (Å²) >= 11 is 19.0. The van der Waals surface area contributed by atoms with Crippen LogP contribution >= 0.6 is 34.8 Å². The summed E-state index contributed by atoms with van der Waals surface area (Å²) < 4.78 is 7.24. The van der Waals surface area contributed by atoms with Gasteiger partial charge in [-0.15, -0.1) is 0 Å². The van der Waals surface area contributed by atoms with Crippen molar-refractivity contribution in [1.29, 1.82) is 0 Å². The molecule has 0 spiro atoms. The Hall–Kier alpha value is -2.12. The Bertz CT molecular complexity index is 1050. The second-order valence-corrected chi connectivity index (χ2v) is 8.50. The third-order valence-corrected chi connectivity index (χ3v) is 5.58. The number of morpholine rings is 1. The molecule has 6 nitrogen and oxygen atoms in total. The van der Waals surface area contributed by atoms with Gasteiger partial charge in [0, 0.05) is 36.1 Å². The Morgan fingerprint density at radius 1 is 1.10 bits per heavy atom. The molecule has 2 atom stereocenters. The second-order valence-electron chi connectivity index (χ2n) is 7.25. The number of carbonyl (C=O) groups is 1. The van der Waals surface area contributed by atoms with Gasteiger partial charge in [0.1, 0.15) is 11.4 Å². The number of aromatic nitrogens is 3. The Labute approximate surface area is 189 Å². The Morgan fingerprint density at radius 3 is 2.37 bits per heavy atom. The smallest absolute Gasteiger partial charge is 0.272 e. The molecular formula is C21H19Cl3N4O2. The zero-order valence-corrected chi connectivity index (χ0v) is 18.6. The molecule has 1 amide bonds. The zero-order chi connectivity index (χ0) is 21.4. The maximum atomic E-state index is 13.5. The van der Waals surface area contributed by atoms with Crippen molar-refractivity contribution >= 4 is 40.7 Å². The summed E-state index contributed by atoms with van der Waals surface area (Å²) in [5.41, 5.74) is 2.11. The fourth-order valence-electron chi connectivity index (χ4n) is 3.60. The third kappa shape index (κ3) is 4.18. The summed E-state index contributed by atoms with van der Waals surface area (Å²) in [6.07, 6.45) is 3.24. The van der Waals surface area contributed by atoms with Crippen LogP contribution in [0.1, 0.15) is 24.3 Å². The molecule has 0 bridgehead atoms. The van der Waals surface area contributed by atoms with E-state index in [-0.39, 0.29) is 18.1 Å². The van der Waals surface area contributed by atoms with Crippen LogP contribution in [0.3, 0.4) is 0 Å². The van der Waals surface area contributed by atoms with Crippen LogP contribution in [0.15, 0.2) is 42.7 Å². The first-order chi connectivity index (χ1) is 14.3. The summed E-state index contributed by atoms with van der Waals surface area (Å²) in [6.45, 7) is 4.86. The molecule has 3 heterocycles. The van der Waals surface area contributed by atoms with E-state index in [2.05, 4.69) is 10.1 Å². The molecule has 0 radical (unpaired) electrons. The van der Waals surface area contributed by atoms with Gasteiger partial charge in [-0.05, 0) is 44.2 Å². The molecule has 2 aromatic heterocycles. The molecule has 3 aromatic rings. The number of hydrogen-bond acceptors (Lipinski definition) is 4. The van der Waals surface area contributed by atoms with Gasteiger partial charge in [-0.2, -0.15) is 5.10 Å². The molecule has 1 saturated heterocycles. The van der Waals surface area contributed by atoms with Crippen molar-refractivity contribution in [1.82, 2.24) is 19.7 Å². The lowest BCUT2D eigenvalue weighted by Crippen LogP contribution is -2.48. The number of rotatable bonds is 3. The summed E-state index contributed by atoms with van der Waals surface area (Å²) in [5.74, 6) is -0.179. The van der Waals surface area contributed by atoms with Crippen molar-refractivity contribution in [3.05, 3.63) is 63.5 Å². The lowest BCUT2D eigenvalue weighted by Gasteiger charge is -2.35. The SMILES string of the molecule is C[C@H]1CN(C(=O)c2cc(-c3cccnc3)nn2-c2c(Cl)cc(Cl)cc2Cl)C[C@H](C)O1. The summed E-state index contributed by atoms with van der Waals surface area (Å²) in [4.78, 5) is 19.4. The lowest BCUT2D eigenvalue weighted by atomic mass is 10.2. The largest absolute Gasteiger partial charge is 0.372 e. The fourth-order valence-corrected chi connectivity index (χ4v) is 4.58. The molecular weight excluding hydrogens is 447 g/mol. The maximum Gasteiger partial charge on any atom is 0.272 e. The topological polar surface area (TPSA) is 60.2 Å². The predicted octanol–water partition coefficient (Wildman–Crippen LogP) is 5.14. The quantitative estimate of drug-likeness (QED) is 0.537. The second kappa shape index (κ2) is 8.55. The van der Waals surface area contributed by atoms with Crippen LogP contribution in [0.2, 0.25) is 15.1 Å². The highest BCUT2D eigenvalue weighted by molar-refractivity contribution is 6.40. The monoisotopic (exact) mass is 464 g/mol. The third-order valence-electron chi connectivity index (χ3n) is 4.79. The molecule has 1 fully saturated rings. The van der Waals surface area contributed by atoms with Gasteiger partial charge in [0.15, 0.2) is 0 Å². The molecule has 4 rings (SSSR count). The number of benzene rings is 1. The van der Waals surface area contributed by atoms with Crippen molar-refractivity contribution < 1.29 is 9.53 Å². The molecule has 156 valence electrons. The number of hydrogen-bond donors (Lipinski definition) is 0. The van der Waals surface area contributed by atoms with E-state index in [1.807, 2.05) is 26.0 Å². The first-order valence-corrected chi connectivity index (χ1v) is 10.6. The molecule has 30 heavy (non-hydrogen) atoms.